The van der Waals surface area contributed by atoms with Crippen molar-refractivity contribution >= 4 is 23.3 Å². The maximum absolute atomic E-state index is 12.7. The van der Waals surface area contributed by atoms with E-state index >= 15 is 0 Å². The zero-order chi connectivity index (χ0) is 15.9. The van der Waals surface area contributed by atoms with Gasteiger partial charge < -0.3 is 9.47 Å². The van der Waals surface area contributed by atoms with Gasteiger partial charge >= 0.3 is 5.97 Å². The van der Waals surface area contributed by atoms with Crippen LogP contribution in [0.2, 0.25) is 0 Å². The second kappa shape index (κ2) is 5.11. The number of Topliss-reactive ketones (excluding diaryl/α,β-unsaturated/α-hetero) is 1. The Kier molecular flexibility index (Phi) is 3.25. The molecule has 1 aromatic carbocycles. The summed E-state index contributed by atoms with van der Waals surface area (Å²) in [5.41, 5.74) is 0.999. The Labute approximate surface area is 126 Å². The Hall–Kier alpha value is -2.95. The molecule has 0 spiro atoms. The van der Waals surface area contributed by atoms with Gasteiger partial charge in [0.2, 0.25) is 0 Å². The highest BCUT2D eigenvalue weighted by atomic mass is 16.5. The highest BCUT2D eigenvalue weighted by Crippen LogP contribution is 2.39. The van der Waals surface area contributed by atoms with E-state index in [4.69, 9.17) is 9.47 Å². The van der Waals surface area contributed by atoms with Crippen LogP contribution in [0.5, 0.6) is 0 Å². The van der Waals surface area contributed by atoms with Crippen LogP contribution in [0.4, 0.5) is 0 Å². The third-order valence-corrected chi connectivity index (χ3v) is 3.47. The lowest BCUT2D eigenvalue weighted by atomic mass is 9.81. The molecule has 2 aliphatic rings. The Bertz CT molecular complexity index is 808. The van der Waals surface area contributed by atoms with Crippen molar-refractivity contribution in [3.63, 3.8) is 0 Å². The number of rotatable bonds is 2. The average Bonchev–Trinajstić information content (AvgIpc) is 2.51. The van der Waals surface area contributed by atoms with Gasteiger partial charge in [0.1, 0.15) is 5.76 Å². The lowest BCUT2D eigenvalue weighted by Crippen LogP contribution is -2.25. The molecular weight excluding hydrogens is 284 g/mol. The molecule has 110 valence electrons. The van der Waals surface area contributed by atoms with Gasteiger partial charge in [0.15, 0.2) is 17.3 Å². The number of hydrogen-bond acceptors (Lipinski definition) is 5. The summed E-state index contributed by atoms with van der Waals surface area (Å²) in [4.78, 5) is 36.4. The summed E-state index contributed by atoms with van der Waals surface area (Å²) < 4.78 is 10.4. The van der Waals surface area contributed by atoms with E-state index < -0.39 is 11.8 Å². The number of methoxy groups -OCH3 is 1. The van der Waals surface area contributed by atoms with Crippen molar-refractivity contribution in [1.29, 1.82) is 0 Å². The largest absolute Gasteiger partial charge is 0.496 e. The molecule has 0 aliphatic heterocycles. The summed E-state index contributed by atoms with van der Waals surface area (Å²) in [5, 5.41) is 0. The number of carbonyl (C=O) groups excluding carboxylic acids is 3. The van der Waals surface area contributed by atoms with Crippen LogP contribution < -0.4 is 0 Å². The summed E-state index contributed by atoms with van der Waals surface area (Å²) in [6.45, 7) is 1.25. The van der Waals surface area contributed by atoms with E-state index in [9.17, 15) is 14.4 Å². The topological polar surface area (TPSA) is 69.7 Å². The minimum Gasteiger partial charge on any atom is -0.496 e. The molecule has 0 amide bonds. The number of benzene rings is 1. The smallest absolute Gasteiger partial charge is 0.308 e. The zero-order valence-electron chi connectivity index (χ0n) is 12.0. The van der Waals surface area contributed by atoms with Crippen LogP contribution in [0.25, 0.3) is 5.76 Å². The van der Waals surface area contributed by atoms with Gasteiger partial charge in [-0.1, -0.05) is 24.3 Å². The number of allylic oxidation sites excluding steroid dienone is 4. The highest BCUT2D eigenvalue weighted by Gasteiger charge is 2.38. The van der Waals surface area contributed by atoms with Crippen molar-refractivity contribution in [2.75, 3.05) is 7.11 Å². The Morgan fingerprint density at radius 1 is 1.00 bits per heavy atom. The highest BCUT2D eigenvalue weighted by molar-refractivity contribution is 6.29. The number of fused-ring (bicyclic) bond motifs is 2. The molecule has 3 rings (SSSR count). The molecule has 0 radical (unpaired) electrons. The van der Waals surface area contributed by atoms with Crippen molar-refractivity contribution in [2.45, 2.75) is 6.92 Å². The van der Waals surface area contributed by atoms with Crippen LogP contribution >= 0.6 is 0 Å². The minimum absolute atomic E-state index is 0.0678. The number of esters is 1. The van der Waals surface area contributed by atoms with E-state index in [0.29, 0.717) is 11.1 Å². The Balaban J connectivity index is 2.38. The van der Waals surface area contributed by atoms with Gasteiger partial charge in [0.25, 0.3) is 0 Å². The first-order valence-corrected chi connectivity index (χ1v) is 6.62. The first kappa shape index (κ1) is 14.0. The monoisotopic (exact) mass is 296 g/mol. The third kappa shape index (κ3) is 1.98. The SMILES string of the molecule is COC1=C2C(=O)c3ccccc3C(OC(C)=O)=C2C(=O)C=C1. The molecule has 0 unspecified atom stereocenters. The predicted molar refractivity (Wildman–Crippen MR) is 77.6 cm³/mol. The third-order valence-electron chi connectivity index (χ3n) is 3.47. The number of ketones is 2. The molecule has 1 aromatic rings. The van der Waals surface area contributed by atoms with E-state index in [1.54, 1.807) is 24.3 Å². The van der Waals surface area contributed by atoms with E-state index in [1.165, 1.54) is 26.2 Å². The fraction of sp³-hybridized carbons (Fsp3) is 0.118. The fourth-order valence-corrected chi connectivity index (χ4v) is 2.58. The van der Waals surface area contributed by atoms with Crippen molar-refractivity contribution in [3.05, 3.63) is 64.4 Å². The van der Waals surface area contributed by atoms with Gasteiger partial charge in [0.05, 0.1) is 18.3 Å². The number of ether oxygens (including phenoxy) is 2. The molecule has 2 aliphatic carbocycles. The summed E-state index contributed by atoms with van der Waals surface area (Å²) in [6, 6.07) is 6.69. The van der Waals surface area contributed by atoms with Crippen molar-refractivity contribution < 1.29 is 23.9 Å². The van der Waals surface area contributed by atoms with Crippen molar-refractivity contribution in [2.24, 2.45) is 0 Å². The zero-order valence-corrected chi connectivity index (χ0v) is 12.0. The molecule has 5 heteroatoms. The van der Waals surface area contributed by atoms with Crippen LogP contribution in [0.3, 0.4) is 0 Å². The lowest BCUT2D eigenvalue weighted by molar-refractivity contribution is -0.134. The molecule has 0 heterocycles. The molecule has 5 nitrogen and oxygen atoms in total. The molecule has 0 saturated carbocycles. The summed E-state index contributed by atoms with van der Waals surface area (Å²) in [7, 11) is 1.42. The van der Waals surface area contributed by atoms with E-state index in [-0.39, 0.29) is 28.4 Å². The van der Waals surface area contributed by atoms with Crippen molar-refractivity contribution in [3.8, 4) is 0 Å². The van der Waals surface area contributed by atoms with E-state index in [2.05, 4.69) is 0 Å². The lowest BCUT2D eigenvalue weighted by Gasteiger charge is -2.25. The maximum atomic E-state index is 12.7. The van der Waals surface area contributed by atoms with E-state index in [0.717, 1.165) is 0 Å². The summed E-state index contributed by atoms with van der Waals surface area (Å²) in [6.07, 6.45) is 2.74. The number of carbonyl (C=O) groups is 3. The molecule has 22 heavy (non-hydrogen) atoms. The first-order chi connectivity index (χ1) is 10.5. The second-order valence-electron chi connectivity index (χ2n) is 4.81. The molecule has 0 N–H and O–H groups in total. The van der Waals surface area contributed by atoms with Gasteiger partial charge in [0, 0.05) is 18.1 Å². The van der Waals surface area contributed by atoms with Gasteiger partial charge in [-0.15, -0.1) is 0 Å². The predicted octanol–water partition coefficient (Wildman–Crippen LogP) is 2.20. The van der Waals surface area contributed by atoms with Crippen molar-refractivity contribution in [1.82, 2.24) is 0 Å². The molecule has 0 aromatic heterocycles. The van der Waals surface area contributed by atoms with Gasteiger partial charge in [-0.25, -0.2) is 0 Å². The molecule has 0 fully saturated rings. The molecule has 0 atom stereocenters. The Morgan fingerprint density at radius 2 is 1.68 bits per heavy atom. The first-order valence-electron chi connectivity index (χ1n) is 6.62. The summed E-state index contributed by atoms with van der Waals surface area (Å²) >= 11 is 0. The minimum atomic E-state index is -0.563. The quantitative estimate of drug-likeness (QED) is 0.782. The summed E-state index contributed by atoms with van der Waals surface area (Å²) in [5.74, 6) is -0.904. The standard InChI is InChI=1S/C17H12O5/c1-9(18)22-17-11-6-4-3-5-10(11)16(20)15-13(21-2)8-7-12(19)14(15)17/h3-8H,1-2H3. The van der Waals surface area contributed by atoms with Gasteiger partial charge in [-0.3, -0.25) is 14.4 Å². The molecule has 0 bridgehead atoms. The van der Waals surface area contributed by atoms with Crippen LogP contribution in [0.1, 0.15) is 22.8 Å². The van der Waals surface area contributed by atoms with Crippen LogP contribution in [-0.4, -0.2) is 24.6 Å². The maximum Gasteiger partial charge on any atom is 0.308 e. The Morgan fingerprint density at radius 3 is 2.32 bits per heavy atom. The number of hydrogen-bond donors (Lipinski definition) is 0. The van der Waals surface area contributed by atoms with Crippen LogP contribution in [0.15, 0.2) is 53.3 Å². The molecular formula is C17H12O5. The molecule has 0 saturated heterocycles. The van der Waals surface area contributed by atoms with Crippen LogP contribution in [-0.2, 0) is 19.1 Å². The fourth-order valence-electron chi connectivity index (χ4n) is 2.58. The average molecular weight is 296 g/mol. The normalized spacial score (nSPS) is 16.5. The van der Waals surface area contributed by atoms with Crippen LogP contribution in [0, 0.1) is 0 Å². The second-order valence-corrected chi connectivity index (χ2v) is 4.81. The van der Waals surface area contributed by atoms with Gasteiger partial charge in [-0.05, 0) is 12.2 Å². The van der Waals surface area contributed by atoms with E-state index in [1.807, 2.05) is 0 Å². The van der Waals surface area contributed by atoms with Gasteiger partial charge in [-0.2, -0.15) is 0 Å².